The smallest absolute Gasteiger partial charge is 0.119 e. The lowest BCUT2D eigenvalue weighted by atomic mass is 10.2. The highest BCUT2D eigenvalue weighted by molar-refractivity contribution is 5.28. The molecule has 2 atom stereocenters. The van der Waals surface area contributed by atoms with Crippen LogP contribution in [0.5, 0.6) is 5.75 Å². The maximum atomic E-state index is 5.75. The third-order valence-corrected chi connectivity index (χ3v) is 3.10. The first-order chi connectivity index (χ1) is 8.81. The average Bonchev–Trinajstić information content (AvgIpc) is 2.85. The highest BCUT2D eigenvalue weighted by Crippen LogP contribution is 2.21. The highest BCUT2D eigenvalue weighted by Gasteiger charge is 2.24. The number of rotatable bonds is 6. The Morgan fingerprint density at radius 2 is 2.17 bits per heavy atom. The molecule has 18 heavy (non-hydrogen) atoms. The summed E-state index contributed by atoms with van der Waals surface area (Å²) in [4.78, 5) is 0. The van der Waals surface area contributed by atoms with Gasteiger partial charge in [-0.1, -0.05) is 12.1 Å². The zero-order valence-electron chi connectivity index (χ0n) is 10.8. The van der Waals surface area contributed by atoms with Crippen LogP contribution in [0.2, 0.25) is 0 Å². The molecule has 2 rings (SSSR count). The Kier molecular flexibility index (Phi) is 4.99. The normalized spacial score (nSPS) is 23.2. The molecule has 1 aliphatic rings. The lowest BCUT2D eigenvalue weighted by molar-refractivity contribution is 0.0221. The molecule has 4 nitrogen and oxygen atoms in total. The van der Waals surface area contributed by atoms with E-state index in [0.717, 1.165) is 24.2 Å². The van der Waals surface area contributed by atoms with Gasteiger partial charge in [-0.05, 0) is 30.5 Å². The van der Waals surface area contributed by atoms with Gasteiger partial charge >= 0.3 is 0 Å². The summed E-state index contributed by atoms with van der Waals surface area (Å²) in [7, 11) is 1.69. The Balaban J connectivity index is 1.81. The van der Waals surface area contributed by atoms with Crippen molar-refractivity contribution < 1.29 is 14.2 Å². The molecular formula is C14H21NO3. The van der Waals surface area contributed by atoms with Crippen LogP contribution >= 0.6 is 0 Å². The number of nitrogens with two attached hydrogens (primary N) is 1. The van der Waals surface area contributed by atoms with Crippen molar-refractivity contribution in [1.82, 2.24) is 0 Å². The summed E-state index contributed by atoms with van der Waals surface area (Å²) < 4.78 is 16.6. The summed E-state index contributed by atoms with van der Waals surface area (Å²) in [6.07, 6.45) is 2.44. The van der Waals surface area contributed by atoms with Crippen molar-refractivity contribution in [3.05, 3.63) is 29.8 Å². The first-order valence-corrected chi connectivity index (χ1v) is 6.38. The number of ether oxygens (including phenoxy) is 3. The van der Waals surface area contributed by atoms with Gasteiger partial charge in [0.15, 0.2) is 0 Å². The second-order valence-electron chi connectivity index (χ2n) is 4.58. The maximum absolute atomic E-state index is 5.75. The molecule has 2 unspecified atom stereocenters. The molecule has 4 heteroatoms. The van der Waals surface area contributed by atoms with Crippen molar-refractivity contribution in [3.8, 4) is 5.75 Å². The molecule has 1 aromatic carbocycles. The summed E-state index contributed by atoms with van der Waals surface area (Å²) in [5.41, 5.74) is 6.69. The van der Waals surface area contributed by atoms with Gasteiger partial charge in [0.05, 0.1) is 18.8 Å². The average molecular weight is 251 g/mol. The minimum Gasteiger partial charge on any atom is -0.491 e. The fourth-order valence-corrected chi connectivity index (χ4v) is 2.16. The van der Waals surface area contributed by atoms with Crippen LogP contribution in [-0.4, -0.2) is 32.5 Å². The molecule has 100 valence electrons. The number of benzene rings is 1. The predicted octanol–water partition coefficient (Wildman–Crippen LogP) is 1.72. The van der Waals surface area contributed by atoms with Gasteiger partial charge in [-0.3, -0.25) is 0 Å². The topological polar surface area (TPSA) is 53.7 Å². The molecule has 1 aromatic rings. The summed E-state index contributed by atoms with van der Waals surface area (Å²) >= 11 is 0. The van der Waals surface area contributed by atoms with E-state index < -0.39 is 0 Å². The van der Waals surface area contributed by atoms with E-state index in [9.17, 15) is 0 Å². The van der Waals surface area contributed by atoms with Crippen molar-refractivity contribution >= 4 is 0 Å². The Bertz CT molecular complexity index is 370. The molecule has 0 bridgehead atoms. The van der Waals surface area contributed by atoms with Crippen molar-refractivity contribution in [2.24, 2.45) is 5.73 Å². The van der Waals surface area contributed by atoms with E-state index in [2.05, 4.69) is 0 Å². The van der Waals surface area contributed by atoms with Gasteiger partial charge in [-0.15, -0.1) is 0 Å². The molecule has 1 saturated heterocycles. The molecular weight excluding hydrogens is 230 g/mol. The van der Waals surface area contributed by atoms with Gasteiger partial charge in [-0.2, -0.15) is 0 Å². The summed E-state index contributed by atoms with van der Waals surface area (Å²) in [6.45, 7) is 1.79. The molecule has 1 heterocycles. The first-order valence-electron chi connectivity index (χ1n) is 6.38. The van der Waals surface area contributed by atoms with Crippen LogP contribution in [0.15, 0.2) is 24.3 Å². The van der Waals surface area contributed by atoms with Crippen LogP contribution < -0.4 is 10.5 Å². The second-order valence-corrected chi connectivity index (χ2v) is 4.58. The number of methoxy groups -OCH3 is 1. The largest absolute Gasteiger partial charge is 0.491 e. The van der Waals surface area contributed by atoms with Crippen LogP contribution in [-0.2, 0) is 16.1 Å². The van der Waals surface area contributed by atoms with Gasteiger partial charge in [-0.25, -0.2) is 0 Å². The van der Waals surface area contributed by atoms with Gasteiger partial charge in [0.2, 0.25) is 0 Å². The molecule has 1 aliphatic heterocycles. The summed E-state index contributed by atoms with van der Waals surface area (Å²) in [5.74, 6) is 0.865. The standard InChI is InChI=1S/C14H21NO3/c1-16-9-11-3-2-4-12(7-11)17-10-14-6-5-13(8-15)18-14/h2-4,7,13-14H,5-6,8-10,15H2,1H3. The van der Waals surface area contributed by atoms with Crippen LogP contribution in [0.3, 0.4) is 0 Å². The zero-order chi connectivity index (χ0) is 12.8. The minimum atomic E-state index is 0.171. The zero-order valence-corrected chi connectivity index (χ0v) is 10.8. The minimum absolute atomic E-state index is 0.171. The lowest BCUT2D eigenvalue weighted by Crippen LogP contribution is -2.23. The fraction of sp³-hybridized carbons (Fsp3) is 0.571. The third-order valence-electron chi connectivity index (χ3n) is 3.10. The van der Waals surface area contributed by atoms with E-state index in [1.807, 2.05) is 24.3 Å². The Hall–Kier alpha value is -1.10. The maximum Gasteiger partial charge on any atom is 0.119 e. The highest BCUT2D eigenvalue weighted by atomic mass is 16.5. The monoisotopic (exact) mass is 251 g/mol. The van der Waals surface area contributed by atoms with Gasteiger partial charge < -0.3 is 19.9 Å². The number of hydrogen-bond donors (Lipinski definition) is 1. The van der Waals surface area contributed by atoms with Gasteiger partial charge in [0.25, 0.3) is 0 Å². The summed E-state index contributed by atoms with van der Waals surface area (Å²) in [6, 6.07) is 7.95. The van der Waals surface area contributed by atoms with E-state index in [-0.39, 0.29) is 12.2 Å². The fourth-order valence-electron chi connectivity index (χ4n) is 2.16. The molecule has 0 amide bonds. The number of hydrogen-bond acceptors (Lipinski definition) is 4. The van der Waals surface area contributed by atoms with E-state index in [0.29, 0.717) is 19.8 Å². The van der Waals surface area contributed by atoms with E-state index in [1.165, 1.54) is 0 Å². The lowest BCUT2D eigenvalue weighted by Gasteiger charge is -2.14. The summed E-state index contributed by atoms with van der Waals surface area (Å²) in [5, 5.41) is 0. The SMILES string of the molecule is COCc1cccc(OCC2CCC(CN)O2)c1. The Morgan fingerprint density at radius 3 is 2.89 bits per heavy atom. The molecule has 2 N–H and O–H groups in total. The molecule has 1 fully saturated rings. The van der Waals surface area contributed by atoms with Crippen molar-refractivity contribution in [3.63, 3.8) is 0 Å². The van der Waals surface area contributed by atoms with Crippen LogP contribution in [0.25, 0.3) is 0 Å². The van der Waals surface area contributed by atoms with Crippen LogP contribution in [0.4, 0.5) is 0 Å². The van der Waals surface area contributed by atoms with Crippen LogP contribution in [0.1, 0.15) is 18.4 Å². The van der Waals surface area contributed by atoms with Gasteiger partial charge in [0, 0.05) is 13.7 Å². The van der Waals surface area contributed by atoms with E-state index >= 15 is 0 Å². The van der Waals surface area contributed by atoms with E-state index in [4.69, 9.17) is 19.9 Å². The Labute approximate surface area is 108 Å². The van der Waals surface area contributed by atoms with E-state index in [1.54, 1.807) is 7.11 Å². The molecule has 0 aliphatic carbocycles. The second kappa shape index (κ2) is 6.73. The van der Waals surface area contributed by atoms with Crippen molar-refractivity contribution in [2.75, 3.05) is 20.3 Å². The molecule has 0 spiro atoms. The molecule has 0 saturated carbocycles. The van der Waals surface area contributed by atoms with Crippen molar-refractivity contribution in [2.45, 2.75) is 31.7 Å². The van der Waals surface area contributed by atoms with Gasteiger partial charge in [0.1, 0.15) is 12.4 Å². The Morgan fingerprint density at radius 1 is 1.33 bits per heavy atom. The quantitative estimate of drug-likeness (QED) is 0.836. The first kappa shape index (κ1) is 13.3. The molecule has 0 radical (unpaired) electrons. The third kappa shape index (κ3) is 3.70. The van der Waals surface area contributed by atoms with Crippen molar-refractivity contribution in [1.29, 1.82) is 0 Å². The predicted molar refractivity (Wildman–Crippen MR) is 69.6 cm³/mol. The molecule has 0 aromatic heterocycles. The van der Waals surface area contributed by atoms with Crippen LogP contribution in [0, 0.1) is 0 Å².